The normalized spacial score (nSPS) is 10.6. The van der Waals surface area contributed by atoms with Gasteiger partial charge in [-0.15, -0.1) is 0 Å². The fraction of sp³-hybridized carbons (Fsp3) is 0.235. The molecular formula is C17H20N2O. The molecule has 2 aromatic carbocycles. The molecule has 0 aromatic heterocycles. The summed E-state index contributed by atoms with van der Waals surface area (Å²) in [5.41, 5.74) is 10.00. The van der Waals surface area contributed by atoms with Crippen LogP contribution in [0, 0.1) is 6.92 Å². The summed E-state index contributed by atoms with van der Waals surface area (Å²) in [5.74, 6) is 0.251. The molecule has 3 N–H and O–H groups in total. The lowest BCUT2D eigenvalue weighted by Gasteiger charge is -2.14. The summed E-state index contributed by atoms with van der Waals surface area (Å²) in [7, 11) is 0. The molecule has 0 aliphatic heterocycles. The van der Waals surface area contributed by atoms with Gasteiger partial charge in [0.15, 0.2) is 0 Å². The third kappa shape index (κ3) is 2.99. The quantitative estimate of drug-likeness (QED) is 0.828. The number of aryl methyl sites for hydroxylation is 1. The summed E-state index contributed by atoms with van der Waals surface area (Å²) in [4.78, 5) is 12.3. The maximum Gasteiger partial charge on any atom is 0.255 e. The van der Waals surface area contributed by atoms with Crippen LogP contribution in [0.5, 0.6) is 0 Å². The Morgan fingerprint density at radius 1 is 1.15 bits per heavy atom. The van der Waals surface area contributed by atoms with Gasteiger partial charge in [-0.3, -0.25) is 4.79 Å². The second-order valence-corrected chi connectivity index (χ2v) is 5.27. The van der Waals surface area contributed by atoms with E-state index in [0.717, 1.165) is 16.8 Å². The first kappa shape index (κ1) is 14.1. The summed E-state index contributed by atoms with van der Waals surface area (Å²) in [6.45, 7) is 6.12. The van der Waals surface area contributed by atoms with E-state index in [-0.39, 0.29) is 5.91 Å². The van der Waals surface area contributed by atoms with Gasteiger partial charge in [-0.2, -0.15) is 0 Å². The highest BCUT2D eigenvalue weighted by molar-refractivity contribution is 6.05. The van der Waals surface area contributed by atoms with Crippen LogP contribution in [0.3, 0.4) is 0 Å². The summed E-state index contributed by atoms with van der Waals surface area (Å²) in [6.07, 6.45) is 0. The molecule has 1 amide bonds. The average Bonchev–Trinajstić information content (AvgIpc) is 2.42. The van der Waals surface area contributed by atoms with E-state index >= 15 is 0 Å². The zero-order valence-electron chi connectivity index (χ0n) is 12.1. The molecule has 0 atom stereocenters. The number of nitrogens with two attached hydrogens (primary N) is 1. The minimum Gasteiger partial charge on any atom is -0.399 e. The molecule has 0 heterocycles. The van der Waals surface area contributed by atoms with Crippen LogP contribution in [0.2, 0.25) is 0 Å². The van der Waals surface area contributed by atoms with Gasteiger partial charge >= 0.3 is 0 Å². The van der Waals surface area contributed by atoms with E-state index in [1.165, 1.54) is 0 Å². The first-order valence-electron chi connectivity index (χ1n) is 6.75. The number of amides is 1. The summed E-state index contributed by atoms with van der Waals surface area (Å²) >= 11 is 0. The summed E-state index contributed by atoms with van der Waals surface area (Å²) < 4.78 is 0. The lowest BCUT2D eigenvalue weighted by Crippen LogP contribution is -2.14. The Balaban J connectivity index is 2.26. The number of carbonyl (C=O) groups is 1. The van der Waals surface area contributed by atoms with Crippen molar-refractivity contribution in [1.29, 1.82) is 0 Å². The third-order valence-corrected chi connectivity index (χ3v) is 3.36. The van der Waals surface area contributed by atoms with E-state index in [1.54, 1.807) is 12.1 Å². The highest BCUT2D eigenvalue weighted by Crippen LogP contribution is 2.24. The van der Waals surface area contributed by atoms with Gasteiger partial charge in [0.1, 0.15) is 0 Å². The van der Waals surface area contributed by atoms with Crippen LogP contribution in [0.4, 0.5) is 11.4 Å². The van der Waals surface area contributed by atoms with Crippen LogP contribution >= 0.6 is 0 Å². The third-order valence-electron chi connectivity index (χ3n) is 3.36. The maximum absolute atomic E-state index is 12.3. The fourth-order valence-corrected chi connectivity index (χ4v) is 2.13. The Labute approximate surface area is 119 Å². The van der Waals surface area contributed by atoms with Crippen molar-refractivity contribution < 1.29 is 4.79 Å². The molecule has 0 saturated heterocycles. The molecule has 0 unspecified atom stereocenters. The van der Waals surface area contributed by atoms with Crippen LogP contribution in [-0.4, -0.2) is 5.91 Å². The van der Waals surface area contributed by atoms with Crippen molar-refractivity contribution in [2.75, 3.05) is 11.1 Å². The largest absolute Gasteiger partial charge is 0.399 e. The second-order valence-electron chi connectivity index (χ2n) is 5.27. The van der Waals surface area contributed by atoms with Crippen LogP contribution in [-0.2, 0) is 0 Å². The molecule has 3 nitrogen and oxygen atoms in total. The van der Waals surface area contributed by atoms with Crippen molar-refractivity contribution in [2.24, 2.45) is 0 Å². The highest BCUT2D eigenvalue weighted by Gasteiger charge is 2.11. The van der Waals surface area contributed by atoms with Crippen molar-refractivity contribution >= 4 is 17.3 Å². The Hall–Kier alpha value is -2.29. The first-order chi connectivity index (χ1) is 9.49. The SMILES string of the molecule is Cc1cc(C(=O)Nc2ccccc2C(C)C)ccc1N. The summed E-state index contributed by atoms with van der Waals surface area (Å²) in [6, 6.07) is 13.2. The minimum atomic E-state index is -0.110. The van der Waals surface area contributed by atoms with E-state index in [4.69, 9.17) is 5.73 Å². The molecule has 104 valence electrons. The van der Waals surface area contributed by atoms with Crippen LogP contribution < -0.4 is 11.1 Å². The van der Waals surface area contributed by atoms with Gasteiger partial charge in [0.2, 0.25) is 0 Å². The first-order valence-corrected chi connectivity index (χ1v) is 6.75. The van der Waals surface area contributed by atoms with Gasteiger partial charge in [-0.25, -0.2) is 0 Å². The number of benzene rings is 2. The highest BCUT2D eigenvalue weighted by atomic mass is 16.1. The number of para-hydroxylation sites is 1. The summed E-state index contributed by atoms with van der Waals surface area (Å²) in [5, 5.41) is 2.98. The van der Waals surface area contributed by atoms with E-state index in [0.29, 0.717) is 17.2 Å². The number of anilines is 2. The standard InChI is InChI=1S/C17H20N2O/c1-11(2)14-6-4-5-7-16(14)19-17(20)13-8-9-15(18)12(3)10-13/h4-11H,18H2,1-3H3,(H,19,20). The van der Waals surface area contributed by atoms with Gasteiger partial charge in [-0.05, 0) is 48.2 Å². The number of nitrogens with one attached hydrogen (secondary N) is 1. The number of carbonyl (C=O) groups excluding carboxylic acids is 1. The lowest BCUT2D eigenvalue weighted by atomic mass is 10.0. The molecule has 2 rings (SSSR count). The predicted molar refractivity (Wildman–Crippen MR) is 84.1 cm³/mol. The molecule has 2 aromatic rings. The Kier molecular flexibility index (Phi) is 4.08. The van der Waals surface area contributed by atoms with Crippen molar-refractivity contribution in [3.05, 3.63) is 59.2 Å². The van der Waals surface area contributed by atoms with E-state index in [1.807, 2.05) is 37.3 Å². The fourth-order valence-electron chi connectivity index (χ4n) is 2.13. The van der Waals surface area contributed by atoms with E-state index < -0.39 is 0 Å². The molecule has 0 radical (unpaired) electrons. The number of hydrogen-bond acceptors (Lipinski definition) is 2. The zero-order chi connectivity index (χ0) is 14.7. The Bertz CT molecular complexity index is 633. The lowest BCUT2D eigenvalue weighted by molar-refractivity contribution is 0.102. The second kappa shape index (κ2) is 5.78. The Morgan fingerprint density at radius 2 is 1.85 bits per heavy atom. The van der Waals surface area contributed by atoms with Crippen LogP contribution in [0.15, 0.2) is 42.5 Å². The van der Waals surface area contributed by atoms with Gasteiger partial charge in [0.05, 0.1) is 0 Å². The van der Waals surface area contributed by atoms with Crippen LogP contribution in [0.1, 0.15) is 41.3 Å². The van der Waals surface area contributed by atoms with E-state index in [2.05, 4.69) is 19.2 Å². The zero-order valence-corrected chi connectivity index (χ0v) is 12.1. The smallest absolute Gasteiger partial charge is 0.255 e. The van der Waals surface area contributed by atoms with Gasteiger partial charge in [-0.1, -0.05) is 32.0 Å². The molecule has 3 heteroatoms. The number of rotatable bonds is 3. The molecule has 0 fully saturated rings. The van der Waals surface area contributed by atoms with Crippen LogP contribution in [0.25, 0.3) is 0 Å². The number of hydrogen-bond donors (Lipinski definition) is 2. The topological polar surface area (TPSA) is 55.1 Å². The minimum absolute atomic E-state index is 0.110. The molecule has 20 heavy (non-hydrogen) atoms. The predicted octanol–water partition coefficient (Wildman–Crippen LogP) is 3.95. The Morgan fingerprint density at radius 3 is 2.50 bits per heavy atom. The molecule has 0 bridgehead atoms. The molecular weight excluding hydrogens is 248 g/mol. The van der Waals surface area contributed by atoms with Gasteiger partial charge in [0, 0.05) is 16.9 Å². The van der Waals surface area contributed by atoms with Crippen molar-refractivity contribution in [3.63, 3.8) is 0 Å². The van der Waals surface area contributed by atoms with E-state index in [9.17, 15) is 4.79 Å². The van der Waals surface area contributed by atoms with Crippen molar-refractivity contribution in [3.8, 4) is 0 Å². The van der Waals surface area contributed by atoms with Crippen molar-refractivity contribution in [2.45, 2.75) is 26.7 Å². The molecule has 0 saturated carbocycles. The van der Waals surface area contributed by atoms with Crippen molar-refractivity contribution in [1.82, 2.24) is 0 Å². The molecule has 0 spiro atoms. The van der Waals surface area contributed by atoms with Gasteiger partial charge in [0.25, 0.3) is 5.91 Å². The maximum atomic E-state index is 12.3. The monoisotopic (exact) mass is 268 g/mol. The molecule has 0 aliphatic rings. The van der Waals surface area contributed by atoms with Gasteiger partial charge < -0.3 is 11.1 Å². The number of nitrogen functional groups attached to an aromatic ring is 1. The molecule has 0 aliphatic carbocycles. The average molecular weight is 268 g/mol.